The molecule has 0 atom stereocenters. The molecule has 1 aliphatic heterocycles. The molecule has 112 valence electrons. The van der Waals surface area contributed by atoms with Gasteiger partial charge in [-0.3, -0.25) is 0 Å². The number of rotatable bonds is 4. The van der Waals surface area contributed by atoms with Crippen molar-refractivity contribution in [3.8, 4) is 0 Å². The van der Waals surface area contributed by atoms with Crippen molar-refractivity contribution in [2.45, 2.75) is 57.4 Å². The van der Waals surface area contributed by atoms with Gasteiger partial charge in [-0.2, -0.15) is 0 Å². The van der Waals surface area contributed by atoms with Crippen LogP contribution < -0.4 is 5.73 Å². The van der Waals surface area contributed by atoms with Gasteiger partial charge in [0.25, 0.3) is 0 Å². The van der Waals surface area contributed by atoms with Crippen molar-refractivity contribution < 1.29 is 0 Å². The van der Waals surface area contributed by atoms with Gasteiger partial charge in [-0.05, 0) is 64.8 Å². The highest BCUT2D eigenvalue weighted by Crippen LogP contribution is 2.35. The van der Waals surface area contributed by atoms with E-state index in [1.807, 2.05) is 0 Å². The van der Waals surface area contributed by atoms with Crippen LogP contribution in [0.3, 0.4) is 0 Å². The Kier molecular flexibility index (Phi) is 5.67. The van der Waals surface area contributed by atoms with E-state index in [4.69, 9.17) is 5.73 Å². The van der Waals surface area contributed by atoms with Crippen molar-refractivity contribution in [2.24, 2.45) is 11.1 Å². The van der Waals surface area contributed by atoms with Gasteiger partial charge in [-0.15, -0.1) is 0 Å². The molecule has 19 heavy (non-hydrogen) atoms. The van der Waals surface area contributed by atoms with Crippen LogP contribution in [0.5, 0.6) is 0 Å². The van der Waals surface area contributed by atoms with Crippen molar-refractivity contribution in [3.05, 3.63) is 0 Å². The molecule has 2 N–H and O–H groups in total. The first-order valence-electron chi connectivity index (χ1n) is 8.24. The predicted molar refractivity (Wildman–Crippen MR) is 82.3 cm³/mol. The van der Waals surface area contributed by atoms with Gasteiger partial charge in [0, 0.05) is 12.6 Å². The topological polar surface area (TPSA) is 32.5 Å². The molecule has 0 amide bonds. The molecule has 0 radical (unpaired) electrons. The Morgan fingerprint density at radius 1 is 1.11 bits per heavy atom. The minimum absolute atomic E-state index is 0.411. The summed E-state index contributed by atoms with van der Waals surface area (Å²) in [6.07, 6.45) is 11.0. The van der Waals surface area contributed by atoms with Gasteiger partial charge in [0.05, 0.1) is 0 Å². The fourth-order valence-corrected chi connectivity index (χ4v) is 4.00. The first-order chi connectivity index (χ1) is 9.15. The predicted octanol–water partition coefficient (Wildman–Crippen LogP) is 2.31. The second-order valence-electron chi connectivity index (χ2n) is 7.07. The van der Waals surface area contributed by atoms with Crippen LogP contribution in [0.4, 0.5) is 0 Å². The van der Waals surface area contributed by atoms with E-state index in [0.29, 0.717) is 5.41 Å². The van der Waals surface area contributed by atoms with Gasteiger partial charge in [-0.25, -0.2) is 0 Å². The zero-order valence-electron chi connectivity index (χ0n) is 13.0. The Balaban J connectivity index is 1.89. The third-order valence-electron chi connectivity index (χ3n) is 5.49. The van der Waals surface area contributed by atoms with Crippen molar-refractivity contribution in [1.29, 1.82) is 0 Å². The standard InChI is InChI=1S/C16H33N3/c1-18-11-7-15(8-12-18)19(2)14-16(13-17)9-5-3-4-6-10-16/h15H,3-14,17H2,1-2H3. The number of piperidine rings is 1. The van der Waals surface area contributed by atoms with Gasteiger partial charge in [0.2, 0.25) is 0 Å². The summed E-state index contributed by atoms with van der Waals surface area (Å²) in [5.74, 6) is 0. The lowest BCUT2D eigenvalue weighted by molar-refractivity contribution is 0.0868. The van der Waals surface area contributed by atoms with Gasteiger partial charge in [0.15, 0.2) is 0 Å². The molecular weight excluding hydrogens is 234 g/mol. The van der Waals surface area contributed by atoms with Gasteiger partial charge in [-0.1, -0.05) is 25.7 Å². The van der Waals surface area contributed by atoms with E-state index in [9.17, 15) is 0 Å². The Morgan fingerprint density at radius 3 is 2.21 bits per heavy atom. The molecule has 0 spiro atoms. The van der Waals surface area contributed by atoms with Crippen molar-refractivity contribution in [2.75, 3.05) is 40.3 Å². The van der Waals surface area contributed by atoms with Crippen LogP contribution in [0.25, 0.3) is 0 Å². The van der Waals surface area contributed by atoms with E-state index < -0.39 is 0 Å². The lowest BCUT2D eigenvalue weighted by atomic mass is 9.79. The van der Waals surface area contributed by atoms with E-state index in [1.165, 1.54) is 71.0 Å². The molecule has 0 aromatic rings. The van der Waals surface area contributed by atoms with Crippen molar-refractivity contribution >= 4 is 0 Å². The third-order valence-corrected chi connectivity index (χ3v) is 5.49. The molecule has 2 rings (SSSR count). The summed E-state index contributed by atoms with van der Waals surface area (Å²) < 4.78 is 0. The summed E-state index contributed by atoms with van der Waals surface area (Å²) >= 11 is 0. The molecule has 3 heteroatoms. The molecule has 1 saturated carbocycles. The van der Waals surface area contributed by atoms with Crippen LogP contribution in [0.15, 0.2) is 0 Å². The average molecular weight is 267 g/mol. The maximum absolute atomic E-state index is 6.17. The molecule has 1 heterocycles. The second kappa shape index (κ2) is 7.05. The zero-order chi connectivity index (χ0) is 13.7. The van der Waals surface area contributed by atoms with Crippen molar-refractivity contribution in [3.63, 3.8) is 0 Å². The minimum Gasteiger partial charge on any atom is -0.330 e. The number of hydrogen-bond donors (Lipinski definition) is 1. The fraction of sp³-hybridized carbons (Fsp3) is 1.00. The number of nitrogens with two attached hydrogens (primary N) is 1. The normalized spacial score (nSPS) is 26.5. The number of nitrogens with zero attached hydrogens (tertiary/aromatic N) is 2. The summed E-state index contributed by atoms with van der Waals surface area (Å²) in [5.41, 5.74) is 6.58. The first kappa shape index (κ1) is 15.3. The first-order valence-corrected chi connectivity index (χ1v) is 8.24. The van der Waals surface area contributed by atoms with Crippen LogP contribution in [0.1, 0.15) is 51.4 Å². The molecular formula is C16H33N3. The summed E-state index contributed by atoms with van der Waals surface area (Å²) in [7, 11) is 4.57. The zero-order valence-corrected chi connectivity index (χ0v) is 13.0. The molecule has 2 fully saturated rings. The highest BCUT2D eigenvalue weighted by molar-refractivity contribution is 4.88. The van der Waals surface area contributed by atoms with Crippen LogP contribution in [0.2, 0.25) is 0 Å². The third kappa shape index (κ3) is 4.17. The molecule has 3 nitrogen and oxygen atoms in total. The quantitative estimate of drug-likeness (QED) is 0.793. The maximum Gasteiger partial charge on any atom is 0.0117 e. The summed E-state index contributed by atoms with van der Waals surface area (Å²) in [6.45, 7) is 4.61. The molecule has 0 aromatic carbocycles. The average Bonchev–Trinajstić information content (AvgIpc) is 2.65. The molecule has 0 unspecified atom stereocenters. The highest BCUT2D eigenvalue weighted by Gasteiger charge is 2.33. The monoisotopic (exact) mass is 267 g/mol. The highest BCUT2D eigenvalue weighted by atomic mass is 15.2. The van der Waals surface area contributed by atoms with Crippen LogP contribution in [-0.2, 0) is 0 Å². The van der Waals surface area contributed by atoms with Gasteiger partial charge >= 0.3 is 0 Å². The lowest BCUT2D eigenvalue weighted by Crippen LogP contribution is -2.48. The SMILES string of the molecule is CN1CCC(N(C)CC2(CN)CCCCCC2)CC1. The Morgan fingerprint density at radius 2 is 1.68 bits per heavy atom. The Labute approximate surface area is 119 Å². The summed E-state index contributed by atoms with van der Waals surface area (Å²) in [5, 5.41) is 0. The molecule has 1 aliphatic carbocycles. The van der Waals surface area contributed by atoms with E-state index in [1.54, 1.807) is 0 Å². The van der Waals surface area contributed by atoms with E-state index in [0.717, 1.165) is 12.6 Å². The van der Waals surface area contributed by atoms with Gasteiger partial charge in [0.1, 0.15) is 0 Å². The van der Waals surface area contributed by atoms with E-state index in [2.05, 4.69) is 23.9 Å². The maximum atomic E-state index is 6.17. The lowest BCUT2D eigenvalue weighted by Gasteiger charge is -2.41. The molecule has 1 saturated heterocycles. The fourth-order valence-electron chi connectivity index (χ4n) is 4.00. The minimum atomic E-state index is 0.411. The smallest absolute Gasteiger partial charge is 0.0117 e. The van der Waals surface area contributed by atoms with Gasteiger partial charge < -0.3 is 15.5 Å². The van der Waals surface area contributed by atoms with Crippen molar-refractivity contribution in [1.82, 2.24) is 9.80 Å². The summed E-state index contributed by atoms with van der Waals surface area (Å²) in [4.78, 5) is 5.08. The molecule has 0 bridgehead atoms. The Hall–Kier alpha value is -0.120. The molecule has 2 aliphatic rings. The van der Waals surface area contributed by atoms with Crippen LogP contribution >= 0.6 is 0 Å². The van der Waals surface area contributed by atoms with Crippen LogP contribution in [-0.4, -0.2) is 56.1 Å². The summed E-state index contributed by atoms with van der Waals surface area (Å²) in [6, 6.07) is 0.780. The largest absolute Gasteiger partial charge is 0.330 e. The Bertz CT molecular complexity index is 251. The van der Waals surface area contributed by atoms with E-state index >= 15 is 0 Å². The number of hydrogen-bond acceptors (Lipinski definition) is 3. The van der Waals surface area contributed by atoms with Crippen LogP contribution in [0, 0.1) is 5.41 Å². The van der Waals surface area contributed by atoms with E-state index in [-0.39, 0.29) is 0 Å². The molecule has 0 aromatic heterocycles. The second-order valence-corrected chi connectivity index (χ2v) is 7.07. The number of likely N-dealkylation sites (tertiary alicyclic amines) is 1.